The molecule has 6 nitrogen and oxygen atoms in total. The maximum Gasteiger partial charge on any atom is 0.203 e. The second-order valence-corrected chi connectivity index (χ2v) is 7.93. The Labute approximate surface area is 215 Å². The molecule has 0 aromatic heterocycles. The molecule has 0 saturated carbocycles. The third-order valence-corrected chi connectivity index (χ3v) is 5.85. The smallest absolute Gasteiger partial charge is 0.203 e. The Kier molecular flexibility index (Phi) is 13.7. The molecule has 2 aromatic carbocycles. The van der Waals surface area contributed by atoms with E-state index in [1.54, 1.807) is 33.5 Å². The number of halogens is 2. The second-order valence-electron chi connectivity index (χ2n) is 7.93. The van der Waals surface area contributed by atoms with E-state index in [-0.39, 0.29) is 30.6 Å². The molecule has 0 aliphatic carbocycles. The van der Waals surface area contributed by atoms with Gasteiger partial charge in [0.25, 0.3) is 0 Å². The minimum absolute atomic E-state index is 0. The largest absolute Gasteiger partial charge is 0.493 e. The number of carbonyl (C=O) groups excluding carboxylic acids is 1. The first-order valence-corrected chi connectivity index (χ1v) is 11.1. The van der Waals surface area contributed by atoms with Crippen molar-refractivity contribution in [3.63, 3.8) is 0 Å². The molecule has 1 fully saturated rings. The predicted octanol–water partition coefficient (Wildman–Crippen LogP) is 4.39. The van der Waals surface area contributed by atoms with E-state index in [2.05, 4.69) is 40.1 Å². The number of methoxy groups -OCH3 is 3. The first-order valence-electron chi connectivity index (χ1n) is 11.1. The van der Waals surface area contributed by atoms with Crippen molar-refractivity contribution >= 4 is 36.7 Å². The summed E-state index contributed by atoms with van der Waals surface area (Å²) in [6.07, 6.45) is 5.04. The van der Waals surface area contributed by atoms with Gasteiger partial charge in [-0.15, -0.1) is 24.8 Å². The van der Waals surface area contributed by atoms with Crippen molar-refractivity contribution < 1.29 is 19.0 Å². The zero-order chi connectivity index (χ0) is 22.8. The summed E-state index contributed by atoms with van der Waals surface area (Å²) in [5, 5.41) is 0. The molecule has 0 amide bonds. The first kappa shape index (κ1) is 29.8. The lowest BCUT2D eigenvalue weighted by Gasteiger charge is -2.34. The molecule has 34 heavy (non-hydrogen) atoms. The van der Waals surface area contributed by atoms with E-state index in [1.165, 1.54) is 5.56 Å². The molecule has 0 spiro atoms. The van der Waals surface area contributed by atoms with Crippen LogP contribution in [0.1, 0.15) is 17.5 Å². The van der Waals surface area contributed by atoms with E-state index in [4.69, 9.17) is 14.2 Å². The van der Waals surface area contributed by atoms with Crippen LogP contribution >= 0.6 is 24.8 Å². The summed E-state index contributed by atoms with van der Waals surface area (Å²) in [6, 6.07) is 14.3. The number of ketones is 1. The third kappa shape index (κ3) is 8.84. The Morgan fingerprint density at radius 2 is 1.41 bits per heavy atom. The topological polar surface area (TPSA) is 51.2 Å². The highest BCUT2D eigenvalue weighted by Crippen LogP contribution is 2.38. The number of hydrogen-bond donors (Lipinski definition) is 0. The Bertz CT molecular complexity index is 876. The molecule has 0 N–H and O–H groups in total. The van der Waals surface area contributed by atoms with Gasteiger partial charge in [-0.2, -0.15) is 0 Å². The van der Waals surface area contributed by atoms with Gasteiger partial charge in [0, 0.05) is 45.7 Å². The van der Waals surface area contributed by atoms with Crippen LogP contribution in [-0.2, 0) is 11.2 Å². The zero-order valence-electron chi connectivity index (χ0n) is 20.2. The van der Waals surface area contributed by atoms with E-state index >= 15 is 0 Å². The van der Waals surface area contributed by atoms with Gasteiger partial charge >= 0.3 is 0 Å². The highest BCUT2D eigenvalue weighted by molar-refractivity contribution is 5.93. The molecule has 8 heteroatoms. The molecule has 188 valence electrons. The number of ether oxygens (including phenoxy) is 3. The van der Waals surface area contributed by atoms with Gasteiger partial charge in [0.15, 0.2) is 17.3 Å². The molecule has 0 unspecified atom stereocenters. The SMILES string of the molecule is COc1cc(/C=C/C(=O)CCN2CCN(CCc3ccccc3)CC2)cc(OC)c1OC.Cl.Cl. The van der Waals surface area contributed by atoms with E-state index in [0.29, 0.717) is 23.7 Å². The summed E-state index contributed by atoms with van der Waals surface area (Å²) in [5.41, 5.74) is 2.22. The minimum Gasteiger partial charge on any atom is -0.493 e. The van der Waals surface area contributed by atoms with E-state index < -0.39 is 0 Å². The average molecular weight is 511 g/mol. The van der Waals surface area contributed by atoms with E-state index in [9.17, 15) is 4.79 Å². The number of hydrogen-bond acceptors (Lipinski definition) is 6. The maximum absolute atomic E-state index is 12.4. The van der Waals surface area contributed by atoms with Crippen LogP contribution in [-0.4, -0.2) is 76.2 Å². The second kappa shape index (κ2) is 15.6. The Morgan fingerprint density at radius 1 is 0.853 bits per heavy atom. The van der Waals surface area contributed by atoms with Gasteiger partial charge in [0.1, 0.15) is 0 Å². The fourth-order valence-corrected chi connectivity index (χ4v) is 3.91. The molecule has 0 bridgehead atoms. The quantitative estimate of drug-likeness (QED) is 0.418. The van der Waals surface area contributed by atoms with E-state index in [0.717, 1.165) is 51.3 Å². The number of nitrogens with zero attached hydrogens (tertiary/aromatic N) is 2. The van der Waals surface area contributed by atoms with Crippen molar-refractivity contribution in [1.29, 1.82) is 0 Å². The van der Waals surface area contributed by atoms with Gasteiger partial charge in [0.2, 0.25) is 5.75 Å². The minimum atomic E-state index is 0. The van der Waals surface area contributed by atoms with Crippen LogP contribution in [0.4, 0.5) is 0 Å². The zero-order valence-corrected chi connectivity index (χ0v) is 21.8. The van der Waals surface area contributed by atoms with Crippen molar-refractivity contribution in [2.45, 2.75) is 12.8 Å². The molecule has 0 atom stereocenters. The Hall–Kier alpha value is -2.25. The normalized spacial score (nSPS) is 14.2. The van der Waals surface area contributed by atoms with E-state index in [1.807, 2.05) is 12.1 Å². The molecule has 2 aromatic rings. The van der Waals surface area contributed by atoms with Crippen molar-refractivity contribution in [3.8, 4) is 17.2 Å². The van der Waals surface area contributed by atoms with Crippen LogP contribution in [0.25, 0.3) is 6.08 Å². The maximum atomic E-state index is 12.4. The summed E-state index contributed by atoms with van der Waals surface area (Å²) in [5.74, 6) is 1.81. The number of rotatable bonds is 11. The Balaban J connectivity index is 0.00000289. The summed E-state index contributed by atoms with van der Waals surface area (Å²) < 4.78 is 16.1. The Morgan fingerprint density at radius 3 is 1.94 bits per heavy atom. The summed E-state index contributed by atoms with van der Waals surface area (Å²) in [4.78, 5) is 17.3. The molecule has 3 rings (SSSR count). The number of benzene rings is 2. The van der Waals surface area contributed by atoms with Crippen molar-refractivity contribution in [2.75, 3.05) is 60.6 Å². The monoisotopic (exact) mass is 510 g/mol. The summed E-state index contributed by atoms with van der Waals surface area (Å²) >= 11 is 0. The molecule has 1 heterocycles. The standard InChI is InChI=1S/C26H34N2O4.2ClH/c1-30-24-19-22(20-25(31-2)26(24)32-3)9-10-23(29)12-14-28-17-15-27(16-18-28)13-11-21-7-5-4-6-8-21;;/h4-10,19-20H,11-18H2,1-3H3;2*1H/b10-9+;;. The predicted molar refractivity (Wildman–Crippen MR) is 142 cm³/mol. The molecule has 1 saturated heterocycles. The van der Waals surface area contributed by atoms with Gasteiger partial charge < -0.3 is 24.0 Å². The van der Waals surface area contributed by atoms with Crippen LogP contribution in [0.15, 0.2) is 48.5 Å². The molecular weight excluding hydrogens is 475 g/mol. The summed E-state index contributed by atoms with van der Waals surface area (Å²) in [7, 11) is 4.73. The highest BCUT2D eigenvalue weighted by Gasteiger charge is 2.17. The summed E-state index contributed by atoms with van der Waals surface area (Å²) in [6.45, 7) is 6.03. The number of carbonyl (C=O) groups is 1. The van der Waals surface area contributed by atoms with Crippen LogP contribution in [0, 0.1) is 0 Å². The van der Waals surface area contributed by atoms with Gasteiger partial charge in [-0.25, -0.2) is 0 Å². The van der Waals surface area contributed by atoms with Gasteiger partial charge in [0.05, 0.1) is 21.3 Å². The van der Waals surface area contributed by atoms with Crippen LogP contribution in [0.2, 0.25) is 0 Å². The van der Waals surface area contributed by atoms with Gasteiger partial charge in [-0.3, -0.25) is 4.79 Å². The average Bonchev–Trinajstić information content (AvgIpc) is 2.85. The van der Waals surface area contributed by atoms with Crippen LogP contribution in [0.5, 0.6) is 17.2 Å². The van der Waals surface area contributed by atoms with Crippen molar-refractivity contribution in [1.82, 2.24) is 9.80 Å². The van der Waals surface area contributed by atoms with Crippen molar-refractivity contribution in [3.05, 3.63) is 59.7 Å². The lowest BCUT2D eigenvalue weighted by molar-refractivity contribution is -0.114. The highest BCUT2D eigenvalue weighted by atomic mass is 35.5. The number of piperazine rings is 1. The molecule has 0 radical (unpaired) electrons. The number of allylic oxidation sites excluding steroid dienone is 1. The lowest BCUT2D eigenvalue weighted by Crippen LogP contribution is -2.47. The van der Waals surface area contributed by atoms with Crippen molar-refractivity contribution in [2.24, 2.45) is 0 Å². The molecule has 1 aliphatic heterocycles. The van der Waals surface area contributed by atoms with Crippen LogP contribution < -0.4 is 14.2 Å². The van der Waals surface area contributed by atoms with Gasteiger partial charge in [-0.05, 0) is 35.8 Å². The molecular formula is C26H36Cl2N2O4. The van der Waals surface area contributed by atoms with Gasteiger partial charge in [-0.1, -0.05) is 36.4 Å². The lowest BCUT2D eigenvalue weighted by atomic mass is 10.1. The third-order valence-electron chi connectivity index (χ3n) is 5.85. The fraction of sp³-hybridized carbons (Fsp3) is 0.423. The first-order chi connectivity index (χ1) is 15.6. The fourth-order valence-electron chi connectivity index (χ4n) is 3.91. The molecule has 1 aliphatic rings. The van der Waals surface area contributed by atoms with Crippen LogP contribution in [0.3, 0.4) is 0 Å².